The number of aliphatic imine (C=N–C) groups is 1. The number of allylic oxidation sites excluding steroid dienone is 1. The fraction of sp³-hybridized carbons (Fsp3) is 0.250. The molecule has 0 spiro atoms. The summed E-state index contributed by atoms with van der Waals surface area (Å²) in [7, 11) is 0. The highest BCUT2D eigenvalue weighted by molar-refractivity contribution is 6.16. The number of pyridine rings is 2. The number of nitrogens with one attached hydrogen (secondary N) is 2. The van der Waals surface area contributed by atoms with Crippen LogP contribution in [0.4, 0.5) is 5.82 Å². The van der Waals surface area contributed by atoms with Gasteiger partial charge in [-0.2, -0.15) is 5.10 Å². The van der Waals surface area contributed by atoms with Crippen LogP contribution in [0.1, 0.15) is 11.1 Å². The number of hydrogen-bond donors (Lipinski definition) is 2. The van der Waals surface area contributed by atoms with Gasteiger partial charge in [-0.3, -0.25) is 20.2 Å². The Hall–Kier alpha value is -3.62. The summed E-state index contributed by atoms with van der Waals surface area (Å²) >= 11 is 0. The highest BCUT2D eigenvalue weighted by Crippen LogP contribution is 2.15. The zero-order valence-electron chi connectivity index (χ0n) is 17.7. The first-order valence-corrected chi connectivity index (χ1v) is 10.8. The van der Waals surface area contributed by atoms with E-state index in [1.165, 1.54) is 0 Å². The van der Waals surface area contributed by atoms with Crippen molar-refractivity contribution in [2.45, 2.75) is 12.7 Å². The second kappa shape index (κ2) is 9.25. The summed E-state index contributed by atoms with van der Waals surface area (Å²) in [5.41, 5.74) is 4.72. The molecule has 1 aromatic carbocycles. The molecule has 3 aromatic rings. The van der Waals surface area contributed by atoms with Gasteiger partial charge in [-0.05, 0) is 42.0 Å². The van der Waals surface area contributed by atoms with Gasteiger partial charge in [0.15, 0.2) is 0 Å². The molecule has 5 rings (SSSR count). The maximum absolute atomic E-state index is 5.62. The molecule has 0 saturated carbocycles. The first-order valence-electron chi connectivity index (χ1n) is 10.8. The van der Waals surface area contributed by atoms with E-state index in [2.05, 4.69) is 55.6 Å². The van der Waals surface area contributed by atoms with Gasteiger partial charge in [0, 0.05) is 29.8 Å². The van der Waals surface area contributed by atoms with Crippen molar-refractivity contribution in [3.63, 3.8) is 0 Å². The molecule has 1 saturated heterocycles. The summed E-state index contributed by atoms with van der Waals surface area (Å²) < 4.78 is 5.43. The molecule has 2 aliphatic rings. The normalized spacial score (nSPS) is 20.0. The topological polar surface area (TPSA) is 102 Å². The van der Waals surface area contributed by atoms with Crippen LogP contribution in [0.2, 0.25) is 0 Å². The van der Waals surface area contributed by atoms with Crippen LogP contribution in [0.3, 0.4) is 0 Å². The van der Waals surface area contributed by atoms with Crippen molar-refractivity contribution in [3.8, 4) is 0 Å². The van der Waals surface area contributed by atoms with Crippen LogP contribution in [0, 0.1) is 0 Å². The second-order valence-electron chi connectivity index (χ2n) is 7.78. The van der Waals surface area contributed by atoms with Gasteiger partial charge in [-0.15, -0.1) is 0 Å². The Labute approximate surface area is 186 Å². The Morgan fingerprint density at radius 1 is 1.16 bits per heavy atom. The lowest BCUT2D eigenvalue weighted by atomic mass is 10.1. The molecule has 0 bridgehead atoms. The number of benzene rings is 1. The molecule has 0 aliphatic carbocycles. The molecule has 4 N–H and O–H groups in total. The van der Waals surface area contributed by atoms with E-state index >= 15 is 0 Å². The Morgan fingerprint density at radius 2 is 2.06 bits per heavy atom. The van der Waals surface area contributed by atoms with Gasteiger partial charge in [-0.25, -0.2) is 4.98 Å². The maximum atomic E-state index is 5.62. The minimum absolute atomic E-state index is 0.316. The molecule has 2 aromatic heterocycles. The number of ether oxygens (including phenoxy) is 1. The van der Waals surface area contributed by atoms with Gasteiger partial charge in [-0.1, -0.05) is 12.1 Å². The molecule has 1 fully saturated rings. The predicted octanol–water partition coefficient (Wildman–Crippen LogP) is 1.68. The van der Waals surface area contributed by atoms with Crippen molar-refractivity contribution in [1.29, 1.82) is 0 Å². The summed E-state index contributed by atoms with van der Waals surface area (Å²) in [4.78, 5) is 14.9. The quantitative estimate of drug-likeness (QED) is 0.475. The van der Waals surface area contributed by atoms with E-state index in [0.29, 0.717) is 12.3 Å². The van der Waals surface area contributed by atoms with Crippen LogP contribution in [0.5, 0.6) is 0 Å². The summed E-state index contributed by atoms with van der Waals surface area (Å²) in [5, 5.41) is 8.50. The number of fused-ring (bicyclic) bond motifs is 1. The summed E-state index contributed by atoms with van der Waals surface area (Å²) in [5.74, 6) is 6.71. The zero-order chi connectivity index (χ0) is 21.8. The highest BCUT2D eigenvalue weighted by atomic mass is 16.5. The van der Waals surface area contributed by atoms with Gasteiger partial charge < -0.3 is 10.6 Å². The van der Waals surface area contributed by atoms with E-state index in [9.17, 15) is 0 Å². The number of hydrazone groups is 1. The number of hydrogen-bond acceptors (Lipinski definition) is 7. The Morgan fingerprint density at radius 3 is 2.88 bits per heavy atom. The number of aromatic amines is 1. The molecule has 0 radical (unpaired) electrons. The number of nitrogens with zero attached hydrogens (tertiary/aromatic N) is 4. The van der Waals surface area contributed by atoms with Crippen molar-refractivity contribution >= 4 is 28.1 Å². The summed E-state index contributed by atoms with van der Waals surface area (Å²) in [6.45, 7) is 3.94. The van der Waals surface area contributed by atoms with Crippen LogP contribution >= 0.6 is 0 Å². The Balaban J connectivity index is 1.31. The van der Waals surface area contributed by atoms with E-state index in [0.717, 1.165) is 59.9 Å². The van der Waals surface area contributed by atoms with E-state index in [-0.39, 0.29) is 6.17 Å². The Kier molecular flexibility index (Phi) is 5.87. The number of rotatable bonds is 5. The average molecular weight is 429 g/mol. The number of morpholine rings is 1. The van der Waals surface area contributed by atoms with Crippen molar-refractivity contribution in [1.82, 2.24) is 10.3 Å². The van der Waals surface area contributed by atoms with Crippen LogP contribution in [0.25, 0.3) is 10.9 Å². The lowest BCUT2D eigenvalue weighted by Crippen LogP contribution is -2.39. The van der Waals surface area contributed by atoms with Crippen LogP contribution < -0.4 is 21.0 Å². The van der Waals surface area contributed by atoms with E-state index in [4.69, 9.17) is 15.6 Å². The average Bonchev–Trinajstić information content (AvgIpc) is 2.88. The van der Waals surface area contributed by atoms with E-state index in [1.807, 2.05) is 30.5 Å². The van der Waals surface area contributed by atoms with E-state index in [1.54, 1.807) is 6.20 Å². The van der Waals surface area contributed by atoms with E-state index < -0.39 is 0 Å². The number of nitrogens with two attached hydrogens (primary N) is 1. The number of aromatic nitrogens is 2. The number of anilines is 1. The van der Waals surface area contributed by atoms with Crippen molar-refractivity contribution < 1.29 is 9.72 Å². The molecule has 8 heteroatoms. The van der Waals surface area contributed by atoms with Gasteiger partial charge in [0.05, 0.1) is 36.4 Å². The zero-order valence-corrected chi connectivity index (χ0v) is 17.7. The van der Waals surface area contributed by atoms with Crippen LogP contribution in [-0.2, 0) is 11.3 Å². The first-order chi connectivity index (χ1) is 15.8. The fourth-order valence-corrected chi connectivity index (χ4v) is 3.96. The van der Waals surface area contributed by atoms with Gasteiger partial charge in [0.2, 0.25) is 0 Å². The fourth-order valence-electron chi connectivity index (χ4n) is 3.96. The molecule has 2 aliphatic heterocycles. The monoisotopic (exact) mass is 428 g/mol. The van der Waals surface area contributed by atoms with Crippen molar-refractivity contribution in [2.75, 3.05) is 31.2 Å². The minimum Gasteiger partial charge on any atom is -0.373 e. The molecule has 1 atom stereocenters. The van der Waals surface area contributed by atoms with Gasteiger partial charge >= 0.3 is 0 Å². The molecule has 162 valence electrons. The molecular formula is C24H26N7O+. The summed E-state index contributed by atoms with van der Waals surface area (Å²) in [6.07, 6.45) is 7.35. The lowest BCUT2D eigenvalue weighted by Gasteiger charge is -2.21. The highest BCUT2D eigenvalue weighted by Gasteiger charge is 2.21. The number of H-pyrrole nitrogens is 1. The van der Waals surface area contributed by atoms with Crippen molar-refractivity contribution in [2.24, 2.45) is 15.9 Å². The molecule has 8 nitrogen and oxygen atoms in total. The maximum Gasteiger partial charge on any atom is 0.274 e. The van der Waals surface area contributed by atoms with Gasteiger partial charge in [0.1, 0.15) is 19.3 Å². The van der Waals surface area contributed by atoms with Crippen molar-refractivity contribution in [3.05, 3.63) is 78.1 Å². The third-order valence-electron chi connectivity index (χ3n) is 5.72. The molecular weight excluding hydrogens is 402 g/mol. The SMILES string of the molecule is NN=C1C=CC(c2ccc(N3CCOCC3)[nH+]c2)=NC1NCc1ccc2ncccc2c1. The van der Waals surface area contributed by atoms with Crippen LogP contribution in [-0.4, -0.2) is 48.9 Å². The Bertz CT molecular complexity index is 1180. The smallest absolute Gasteiger partial charge is 0.274 e. The molecule has 1 unspecified atom stereocenters. The molecule has 0 amide bonds. The molecule has 4 heterocycles. The number of dihydropyridines is 1. The van der Waals surface area contributed by atoms with Crippen LogP contribution in [0.15, 0.2) is 77.1 Å². The predicted molar refractivity (Wildman–Crippen MR) is 126 cm³/mol. The lowest BCUT2D eigenvalue weighted by molar-refractivity contribution is -0.364. The second-order valence-corrected chi connectivity index (χ2v) is 7.78. The molecule has 32 heavy (non-hydrogen) atoms. The first kappa shape index (κ1) is 20.3. The largest absolute Gasteiger partial charge is 0.373 e. The third-order valence-corrected chi connectivity index (χ3v) is 5.72. The van der Waals surface area contributed by atoms with Gasteiger partial charge in [0.25, 0.3) is 5.82 Å². The standard InChI is InChI=1S/C24H25N7O/c25-30-22-7-6-21(19-4-8-23(27-16-19)31-10-12-32-13-11-31)29-24(22)28-15-17-3-5-20-18(14-17)2-1-9-26-20/h1-9,14,16,24,28H,10-13,15,25H2/p+1. The third kappa shape index (κ3) is 4.37. The summed E-state index contributed by atoms with van der Waals surface area (Å²) in [6, 6.07) is 14.4. The minimum atomic E-state index is -0.316.